The first-order chi connectivity index (χ1) is 10.0. The zero-order valence-corrected chi connectivity index (χ0v) is 13.0. The minimum absolute atomic E-state index is 0.0542. The maximum Gasteiger partial charge on any atom is 0.303 e. The summed E-state index contributed by atoms with van der Waals surface area (Å²) < 4.78 is 0. The largest absolute Gasteiger partial charge is 0.481 e. The molecule has 122 valence electrons. The Morgan fingerprint density at radius 2 is 2.00 bits per heavy atom. The molecule has 6 heteroatoms. The van der Waals surface area contributed by atoms with Crippen LogP contribution in [-0.4, -0.2) is 54.1 Å². The molecular formula is C15H29N3O3. The van der Waals surface area contributed by atoms with E-state index in [0.29, 0.717) is 25.4 Å². The minimum atomic E-state index is -0.749. The van der Waals surface area contributed by atoms with E-state index in [1.807, 2.05) is 0 Å². The molecule has 21 heavy (non-hydrogen) atoms. The van der Waals surface area contributed by atoms with E-state index in [9.17, 15) is 9.59 Å². The van der Waals surface area contributed by atoms with Gasteiger partial charge in [-0.05, 0) is 31.6 Å². The summed E-state index contributed by atoms with van der Waals surface area (Å²) in [4.78, 5) is 24.6. The van der Waals surface area contributed by atoms with Gasteiger partial charge in [-0.3, -0.25) is 14.5 Å². The molecule has 0 aromatic rings. The highest BCUT2D eigenvalue weighted by atomic mass is 16.4. The molecule has 1 aliphatic rings. The molecule has 0 bridgehead atoms. The zero-order valence-electron chi connectivity index (χ0n) is 13.0. The van der Waals surface area contributed by atoms with Crippen molar-refractivity contribution >= 4 is 11.9 Å². The fourth-order valence-corrected chi connectivity index (χ4v) is 2.67. The number of aliphatic carboxylic acids is 1. The smallest absolute Gasteiger partial charge is 0.303 e. The van der Waals surface area contributed by atoms with Crippen LogP contribution in [-0.2, 0) is 9.59 Å². The molecule has 1 rings (SSSR count). The lowest BCUT2D eigenvalue weighted by molar-refractivity contribution is -0.137. The van der Waals surface area contributed by atoms with Crippen molar-refractivity contribution in [3.05, 3.63) is 0 Å². The van der Waals surface area contributed by atoms with Crippen LogP contribution in [0.3, 0.4) is 0 Å². The van der Waals surface area contributed by atoms with Crippen molar-refractivity contribution < 1.29 is 14.7 Å². The Balaban J connectivity index is 2.13. The summed E-state index contributed by atoms with van der Waals surface area (Å²) in [6.07, 6.45) is 4.61. The van der Waals surface area contributed by atoms with E-state index in [0.717, 1.165) is 38.8 Å². The quantitative estimate of drug-likeness (QED) is 0.585. The number of likely N-dealkylation sites (tertiary alicyclic amines) is 1. The van der Waals surface area contributed by atoms with Gasteiger partial charge in [-0.15, -0.1) is 0 Å². The standard InChI is InChI=1S/C15H29N3O3/c1-2-12(3-4-15(20)21)5-8-17-14(19)11-18-9-6-13(16)7-10-18/h12-13H,2-11,16H2,1H3,(H,17,19)(H,20,21). The summed E-state index contributed by atoms with van der Waals surface area (Å²) in [7, 11) is 0. The summed E-state index contributed by atoms with van der Waals surface area (Å²) in [5, 5.41) is 11.6. The van der Waals surface area contributed by atoms with Crippen LogP contribution in [0.5, 0.6) is 0 Å². The van der Waals surface area contributed by atoms with Gasteiger partial charge in [0.15, 0.2) is 0 Å². The van der Waals surface area contributed by atoms with E-state index in [-0.39, 0.29) is 18.4 Å². The molecule has 1 atom stereocenters. The number of nitrogens with one attached hydrogen (secondary N) is 1. The first-order valence-corrected chi connectivity index (χ1v) is 7.97. The normalized spacial score (nSPS) is 18.4. The molecule has 0 aromatic carbocycles. The Morgan fingerprint density at radius 1 is 1.33 bits per heavy atom. The number of amides is 1. The number of nitrogens with zero attached hydrogens (tertiary/aromatic N) is 1. The second-order valence-electron chi connectivity index (χ2n) is 5.96. The highest BCUT2D eigenvalue weighted by Gasteiger charge is 2.18. The van der Waals surface area contributed by atoms with Gasteiger partial charge in [0, 0.05) is 32.1 Å². The van der Waals surface area contributed by atoms with E-state index in [1.54, 1.807) is 0 Å². The van der Waals surface area contributed by atoms with Crippen molar-refractivity contribution in [2.45, 2.75) is 51.5 Å². The number of piperidine rings is 1. The van der Waals surface area contributed by atoms with Gasteiger partial charge in [0.25, 0.3) is 0 Å². The fourth-order valence-electron chi connectivity index (χ4n) is 2.67. The molecule has 6 nitrogen and oxygen atoms in total. The van der Waals surface area contributed by atoms with Gasteiger partial charge in [0.1, 0.15) is 0 Å². The van der Waals surface area contributed by atoms with Crippen LogP contribution in [0.1, 0.15) is 45.4 Å². The number of nitrogens with two attached hydrogens (primary N) is 1. The van der Waals surface area contributed by atoms with Crippen molar-refractivity contribution in [3.63, 3.8) is 0 Å². The third-order valence-corrected chi connectivity index (χ3v) is 4.22. The summed E-state index contributed by atoms with van der Waals surface area (Å²) in [5.41, 5.74) is 5.84. The van der Waals surface area contributed by atoms with Crippen LogP contribution in [0.2, 0.25) is 0 Å². The lowest BCUT2D eigenvalue weighted by Gasteiger charge is -2.29. The van der Waals surface area contributed by atoms with E-state index < -0.39 is 5.97 Å². The molecule has 1 unspecified atom stereocenters. The number of carbonyl (C=O) groups excluding carboxylic acids is 1. The third-order valence-electron chi connectivity index (χ3n) is 4.22. The average Bonchev–Trinajstić information content (AvgIpc) is 2.45. The molecule has 1 heterocycles. The lowest BCUT2D eigenvalue weighted by atomic mass is 9.97. The summed E-state index contributed by atoms with van der Waals surface area (Å²) in [5.74, 6) is -0.325. The summed E-state index contributed by atoms with van der Waals surface area (Å²) in [6.45, 7) is 4.92. The number of carboxylic acids is 1. The highest BCUT2D eigenvalue weighted by Crippen LogP contribution is 2.14. The SMILES string of the molecule is CCC(CCNC(=O)CN1CCC(N)CC1)CCC(=O)O. The number of carbonyl (C=O) groups is 2. The first-order valence-electron chi connectivity index (χ1n) is 7.97. The predicted molar refractivity (Wildman–Crippen MR) is 81.9 cm³/mol. The lowest BCUT2D eigenvalue weighted by Crippen LogP contribution is -2.44. The van der Waals surface area contributed by atoms with E-state index in [2.05, 4.69) is 17.1 Å². The Bertz CT molecular complexity index is 328. The number of rotatable bonds is 9. The molecule has 1 aliphatic heterocycles. The average molecular weight is 299 g/mol. The van der Waals surface area contributed by atoms with Crippen molar-refractivity contribution in [3.8, 4) is 0 Å². The van der Waals surface area contributed by atoms with Gasteiger partial charge in [-0.25, -0.2) is 0 Å². The van der Waals surface area contributed by atoms with Crippen molar-refractivity contribution in [2.24, 2.45) is 11.7 Å². The van der Waals surface area contributed by atoms with Gasteiger partial charge in [0.05, 0.1) is 6.54 Å². The maximum atomic E-state index is 11.9. The molecule has 1 fully saturated rings. The van der Waals surface area contributed by atoms with Crippen LogP contribution in [0.25, 0.3) is 0 Å². The zero-order chi connectivity index (χ0) is 15.7. The van der Waals surface area contributed by atoms with Gasteiger partial charge < -0.3 is 16.2 Å². The van der Waals surface area contributed by atoms with Gasteiger partial charge >= 0.3 is 5.97 Å². The third kappa shape index (κ3) is 8.02. The Hall–Kier alpha value is -1.14. The van der Waals surface area contributed by atoms with E-state index in [4.69, 9.17) is 10.8 Å². The topological polar surface area (TPSA) is 95.7 Å². The molecule has 4 N–H and O–H groups in total. The molecule has 0 saturated carbocycles. The number of carboxylic acid groups (broad SMARTS) is 1. The first kappa shape index (κ1) is 17.9. The van der Waals surface area contributed by atoms with Crippen molar-refractivity contribution in [1.82, 2.24) is 10.2 Å². The highest BCUT2D eigenvalue weighted by molar-refractivity contribution is 5.77. The van der Waals surface area contributed by atoms with Crippen LogP contribution in [0.4, 0.5) is 0 Å². The minimum Gasteiger partial charge on any atom is -0.481 e. The van der Waals surface area contributed by atoms with Crippen LogP contribution in [0, 0.1) is 5.92 Å². The molecule has 1 amide bonds. The van der Waals surface area contributed by atoms with Gasteiger partial charge in [0.2, 0.25) is 5.91 Å². The summed E-state index contributed by atoms with van der Waals surface area (Å²) >= 11 is 0. The summed E-state index contributed by atoms with van der Waals surface area (Å²) in [6, 6.07) is 0.281. The van der Waals surface area contributed by atoms with Gasteiger partial charge in [-0.1, -0.05) is 13.3 Å². The second kappa shape index (κ2) is 9.73. The van der Waals surface area contributed by atoms with Crippen molar-refractivity contribution in [1.29, 1.82) is 0 Å². The predicted octanol–water partition coefficient (Wildman–Crippen LogP) is 0.807. The van der Waals surface area contributed by atoms with E-state index >= 15 is 0 Å². The molecule has 0 spiro atoms. The van der Waals surface area contributed by atoms with Crippen LogP contribution >= 0.6 is 0 Å². The second-order valence-corrected chi connectivity index (χ2v) is 5.96. The monoisotopic (exact) mass is 299 g/mol. The molecule has 1 saturated heterocycles. The van der Waals surface area contributed by atoms with Crippen molar-refractivity contribution in [2.75, 3.05) is 26.2 Å². The number of hydrogen-bond donors (Lipinski definition) is 3. The molecular weight excluding hydrogens is 270 g/mol. The maximum absolute atomic E-state index is 11.9. The van der Waals surface area contributed by atoms with Crippen LogP contribution < -0.4 is 11.1 Å². The molecule has 0 aromatic heterocycles. The molecule has 0 radical (unpaired) electrons. The fraction of sp³-hybridized carbons (Fsp3) is 0.867. The molecule has 0 aliphatic carbocycles. The Kier molecular flexibility index (Phi) is 8.30. The van der Waals surface area contributed by atoms with Crippen LogP contribution in [0.15, 0.2) is 0 Å². The van der Waals surface area contributed by atoms with E-state index in [1.165, 1.54) is 0 Å². The Labute approximate surface area is 127 Å². The number of hydrogen-bond acceptors (Lipinski definition) is 4. The Morgan fingerprint density at radius 3 is 2.57 bits per heavy atom. The van der Waals surface area contributed by atoms with Gasteiger partial charge in [-0.2, -0.15) is 0 Å².